The lowest BCUT2D eigenvalue weighted by Gasteiger charge is -2.16. The zero-order valence-electron chi connectivity index (χ0n) is 11.9. The molecule has 4 heteroatoms. The Bertz CT molecular complexity index is 617. The van der Waals surface area contributed by atoms with Crippen LogP contribution in [0.2, 0.25) is 0 Å². The number of methoxy groups -OCH3 is 1. The lowest BCUT2D eigenvalue weighted by molar-refractivity contribution is -0.0927. The second-order valence-corrected chi connectivity index (χ2v) is 4.52. The van der Waals surface area contributed by atoms with Crippen LogP contribution in [0.3, 0.4) is 0 Å². The maximum atomic E-state index is 12.1. The largest absolute Gasteiger partial charge is 0.428 e. The normalized spacial score (nSPS) is 11.7. The van der Waals surface area contributed by atoms with Crippen LogP contribution in [0.25, 0.3) is 0 Å². The van der Waals surface area contributed by atoms with Gasteiger partial charge in [-0.2, -0.15) is 0 Å². The van der Waals surface area contributed by atoms with Gasteiger partial charge in [0.2, 0.25) is 6.29 Å². The summed E-state index contributed by atoms with van der Waals surface area (Å²) in [6.07, 6.45) is -0.758. The van der Waals surface area contributed by atoms with E-state index < -0.39 is 12.3 Å². The van der Waals surface area contributed by atoms with E-state index in [1.807, 2.05) is 30.3 Å². The predicted molar refractivity (Wildman–Crippen MR) is 78.1 cm³/mol. The lowest BCUT2D eigenvalue weighted by atomic mass is 10.1. The summed E-state index contributed by atoms with van der Waals surface area (Å²) in [5.74, 6) is -0.547. The molecule has 0 fully saturated rings. The molecule has 1 atom stereocenters. The Balaban J connectivity index is 2.11. The number of benzene rings is 2. The molecule has 4 nitrogen and oxygen atoms in total. The molecule has 0 amide bonds. The smallest absolute Gasteiger partial charge is 0.340 e. The van der Waals surface area contributed by atoms with E-state index in [2.05, 4.69) is 0 Å². The summed E-state index contributed by atoms with van der Waals surface area (Å²) >= 11 is 0. The van der Waals surface area contributed by atoms with Crippen molar-refractivity contribution in [3.8, 4) is 0 Å². The van der Waals surface area contributed by atoms with Crippen molar-refractivity contribution < 1.29 is 19.1 Å². The first kappa shape index (κ1) is 14.9. The van der Waals surface area contributed by atoms with Gasteiger partial charge >= 0.3 is 5.97 Å². The summed E-state index contributed by atoms with van der Waals surface area (Å²) in [5.41, 5.74) is 1.68. The van der Waals surface area contributed by atoms with Crippen LogP contribution in [-0.2, 0) is 9.47 Å². The molecular formula is C17H16O4. The summed E-state index contributed by atoms with van der Waals surface area (Å²) < 4.78 is 10.5. The number of esters is 1. The number of ketones is 1. The van der Waals surface area contributed by atoms with E-state index in [-0.39, 0.29) is 5.78 Å². The van der Waals surface area contributed by atoms with E-state index in [1.165, 1.54) is 14.0 Å². The van der Waals surface area contributed by atoms with Crippen LogP contribution < -0.4 is 0 Å². The minimum absolute atomic E-state index is 0.0472. The first-order valence-corrected chi connectivity index (χ1v) is 6.51. The summed E-state index contributed by atoms with van der Waals surface area (Å²) in [6.45, 7) is 1.48. The van der Waals surface area contributed by atoms with Gasteiger partial charge in [0.25, 0.3) is 0 Å². The fourth-order valence-corrected chi connectivity index (χ4v) is 1.87. The lowest BCUT2D eigenvalue weighted by Crippen LogP contribution is -2.13. The highest BCUT2D eigenvalue weighted by Gasteiger charge is 2.17. The van der Waals surface area contributed by atoms with Gasteiger partial charge in [0.1, 0.15) is 0 Å². The van der Waals surface area contributed by atoms with Crippen LogP contribution in [-0.4, -0.2) is 18.9 Å². The highest BCUT2D eigenvalue weighted by molar-refractivity contribution is 5.96. The van der Waals surface area contributed by atoms with Crippen molar-refractivity contribution in [2.45, 2.75) is 13.2 Å². The Hall–Kier alpha value is -2.46. The summed E-state index contributed by atoms with van der Waals surface area (Å²) in [7, 11) is 1.48. The van der Waals surface area contributed by atoms with E-state index >= 15 is 0 Å². The third-order valence-corrected chi connectivity index (χ3v) is 3.03. The zero-order chi connectivity index (χ0) is 15.2. The number of rotatable bonds is 5. The summed E-state index contributed by atoms with van der Waals surface area (Å²) in [6, 6.07) is 15.5. The molecule has 0 aliphatic rings. The van der Waals surface area contributed by atoms with Crippen molar-refractivity contribution in [3.05, 3.63) is 71.3 Å². The molecule has 21 heavy (non-hydrogen) atoms. The molecule has 0 spiro atoms. The Labute approximate surface area is 123 Å². The van der Waals surface area contributed by atoms with Crippen molar-refractivity contribution in [1.82, 2.24) is 0 Å². The van der Waals surface area contributed by atoms with E-state index in [9.17, 15) is 9.59 Å². The zero-order valence-corrected chi connectivity index (χ0v) is 11.9. The summed E-state index contributed by atoms with van der Waals surface area (Å²) in [5, 5.41) is 0. The third kappa shape index (κ3) is 3.77. The maximum Gasteiger partial charge on any atom is 0.340 e. The Morgan fingerprint density at radius 3 is 2.00 bits per heavy atom. The van der Waals surface area contributed by atoms with Crippen LogP contribution in [0, 0.1) is 0 Å². The quantitative estimate of drug-likeness (QED) is 0.480. The van der Waals surface area contributed by atoms with Crippen molar-refractivity contribution in [2.75, 3.05) is 7.11 Å². The van der Waals surface area contributed by atoms with E-state index in [0.29, 0.717) is 11.1 Å². The van der Waals surface area contributed by atoms with Gasteiger partial charge in [-0.3, -0.25) is 4.79 Å². The molecule has 0 aliphatic heterocycles. The number of hydrogen-bond donors (Lipinski definition) is 0. The molecule has 2 aromatic rings. The monoisotopic (exact) mass is 284 g/mol. The fraction of sp³-hybridized carbons (Fsp3) is 0.176. The second kappa shape index (κ2) is 6.81. The molecule has 0 bridgehead atoms. The SMILES string of the molecule is COC(OC(=O)c1ccc(C(C)=O)cc1)c1ccccc1. The Morgan fingerprint density at radius 2 is 1.48 bits per heavy atom. The molecule has 1 unspecified atom stereocenters. The van der Waals surface area contributed by atoms with Gasteiger partial charge < -0.3 is 9.47 Å². The number of carbonyl (C=O) groups excluding carboxylic acids is 2. The first-order valence-electron chi connectivity index (χ1n) is 6.51. The topological polar surface area (TPSA) is 52.6 Å². The van der Waals surface area contributed by atoms with Gasteiger partial charge in [-0.05, 0) is 19.1 Å². The highest BCUT2D eigenvalue weighted by atomic mass is 16.7. The van der Waals surface area contributed by atoms with Crippen LogP contribution in [0.1, 0.15) is 39.5 Å². The van der Waals surface area contributed by atoms with Gasteiger partial charge in [-0.1, -0.05) is 42.5 Å². The average molecular weight is 284 g/mol. The highest BCUT2D eigenvalue weighted by Crippen LogP contribution is 2.19. The van der Waals surface area contributed by atoms with Gasteiger partial charge in [-0.25, -0.2) is 4.79 Å². The third-order valence-electron chi connectivity index (χ3n) is 3.03. The van der Waals surface area contributed by atoms with Crippen molar-refractivity contribution in [3.63, 3.8) is 0 Å². The fourth-order valence-electron chi connectivity index (χ4n) is 1.87. The number of hydrogen-bond acceptors (Lipinski definition) is 4. The number of carbonyl (C=O) groups is 2. The average Bonchev–Trinajstić information content (AvgIpc) is 2.53. The van der Waals surface area contributed by atoms with Gasteiger partial charge in [-0.15, -0.1) is 0 Å². The van der Waals surface area contributed by atoms with Crippen LogP contribution in [0.4, 0.5) is 0 Å². The van der Waals surface area contributed by atoms with Gasteiger partial charge in [0, 0.05) is 18.2 Å². The predicted octanol–water partition coefficient (Wildman–Crippen LogP) is 3.39. The molecule has 0 radical (unpaired) electrons. The molecular weight excluding hydrogens is 268 g/mol. The van der Waals surface area contributed by atoms with Crippen molar-refractivity contribution >= 4 is 11.8 Å². The minimum Gasteiger partial charge on any atom is -0.428 e. The molecule has 0 saturated heterocycles. The number of Topliss-reactive ketones (excluding diaryl/α,β-unsaturated/α-hetero) is 1. The van der Waals surface area contributed by atoms with E-state index in [4.69, 9.17) is 9.47 Å². The number of ether oxygens (including phenoxy) is 2. The van der Waals surface area contributed by atoms with E-state index in [1.54, 1.807) is 24.3 Å². The Morgan fingerprint density at radius 1 is 0.905 bits per heavy atom. The minimum atomic E-state index is -0.758. The first-order chi connectivity index (χ1) is 10.1. The molecule has 2 rings (SSSR count). The Kier molecular flexibility index (Phi) is 4.85. The molecule has 0 saturated carbocycles. The van der Waals surface area contributed by atoms with Crippen LogP contribution >= 0.6 is 0 Å². The van der Waals surface area contributed by atoms with E-state index in [0.717, 1.165) is 5.56 Å². The van der Waals surface area contributed by atoms with Crippen LogP contribution in [0.15, 0.2) is 54.6 Å². The molecule has 0 aliphatic carbocycles. The molecule has 108 valence electrons. The molecule has 2 aromatic carbocycles. The second-order valence-electron chi connectivity index (χ2n) is 4.52. The molecule has 0 N–H and O–H groups in total. The van der Waals surface area contributed by atoms with Gasteiger partial charge in [0.15, 0.2) is 5.78 Å². The molecule has 0 heterocycles. The van der Waals surface area contributed by atoms with Crippen LogP contribution in [0.5, 0.6) is 0 Å². The summed E-state index contributed by atoms with van der Waals surface area (Å²) in [4.78, 5) is 23.3. The standard InChI is InChI=1S/C17H16O4/c1-12(18)13-8-10-14(11-9-13)16(19)21-17(20-2)15-6-4-3-5-7-15/h3-11,17H,1-2H3. The van der Waals surface area contributed by atoms with Crippen molar-refractivity contribution in [2.24, 2.45) is 0 Å². The van der Waals surface area contributed by atoms with Gasteiger partial charge in [0.05, 0.1) is 5.56 Å². The van der Waals surface area contributed by atoms with Crippen molar-refractivity contribution in [1.29, 1.82) is 0 Å². The molecule has 0 aromatic heterocycles. The maximum absolute atomic E-state index is 12.1.